The Bertz CT molecular complexity index is 531. The van der Waals surface area contributed by atoms with Gasteiger partial charge in [0.25, 0.3) is 5.91 Å². The largest absolute Gasteiger partial charge is 0.455 e. The molecular weight excluding hydrogens is 279 g/mol. The maximum atomic E-state index is 13.3. The van der Waals surface area contributed by atoms with Crippen LogP contribution < -0.4 is 10.6 Å². The number of esters is 1. The Labute approximate surface area is 121 Å². The van der Waals surface area contributed by atoms with Crippen LogP contribution in [0.25, 0.3) is 0 Å². The monoisotopic (exact) mass is 296 g/mol. The number of nitrogens with one attached hydrogen (secondary N) is 2. The van der Waals surface area contributed by atoms with Crippen molar-refractivity contribution < 1.29 is 23.5 Å². The molecule has 1 aromatic carbocycles. The van der Waals surface area contributed by atoms with Gasteiger partial charge in [-0.05, 0) is 25.5 Å². The van der Waals surface area contributed by atoms with Crippen molar-refractivity contribution in [2.45, 2.75) is 26.3 Å². The predicted molar refractivity (Wildman–Crippen MR) is 72.9 cm³/mol. The zero-order valence-electron chi connectivity index (χ0n) is 11.8. The molecule has 0 heterocycles. The van der Waals surface area contributed by atoms with E-state index in [0.29, 0.717) is 0 Å². The summed E-state index contributed by atoms with van der Waals surface area (Å²) in [5.74, 6) is -2.02. The Morgan fingerprint density at radius 3 is 2.52 bits per heavy atom. The van der Waals surface area contributed by atoms with Gasteiger partial charge in [-0.3, -0.25) is 14.9 Å². The third-order valence-electron chi connectivity index (χ3n) is 2.33. The molecule has 0 aliphatic rings. The molecule has 1 rings (SSSR count). The first-order valence-corrected chi connectivity index (χ1v) is 6.38. The molecule has 0 atom stereocenters. The van der Waals surface area contributed by atoms with Gasteiger partial charge in [0.05, 0.1) is 6.42 Å². The highest BCUT2D eigenvalue weighted by Gasteiger charge is 2.13. The highest BCUT2D eigenvalue weighted by Crippen LogP contribution is 2.07. The van der Waals surface area contributed by atoms with Crippen molar-refractivity contribution in [3.63, 3.8) is 0 Å². The van der Waals surface area contributed by atoms with Gasteiger partial charge in [0.1, 0.15) is 5.82 Å². The smallest absolute Gasteiger partial charge is 0.321 e. The molecule has 7 heteroatoms. The molecule has 2 N–H and O–H groups in total. The SMILES string of the molecule is CC(C)NC(=O)NC(=O)COC(=O)Cc1ccccc1F. The van der Waals surface area contributed by atoms with Crippen molar-refractivity contribution in [2.75, 3.05) is 6.61 Å². The fraction of sp³-hybridized carbons (Fsp3) is 0.357. The number of amides is 3. The van der Waals surface area contributed by atoms with Gasteiger partial charge in [-0.1, -0.05) is 18.2 Å². The van der Waals surface area contributed by atoms with Gasteiger partial charge in [0.2, 0.25) is 0 Å². The van der Waals surface area contributed by atoms with E-state index >= 15 is 0 Å². The number of carbonyl (C=O) groups is 3. The number of rotatable bonds is 5. The molecular formula is C14H17FN2O4. The van der Waals surface area contributed by atoms with E-state index in [4.69, 9.17) is 0 Å². The number of hydrogen-bond acceptors (Lipinski definition) is 4. The zero-order chi connectivity index (χ0) is 15.8. The summed E-state index contributed by atoms with van der Waals surface area (Å²) in [4.78, 5) is 34.0. The van der Waals surface area contributed by atoms with Gasteiger partial charge >= 0.3 is 12.0 Å². The van der Waals surface area contributed by atoms with Crippen LogP contribution >= 0.6 is 0 Å². The number of urea groups is 1. The molecule has 0 radical (unpaired) electrons. The topological polar surface area (TPSA) is 84.5 Å². The first kappa shape index (κ1) is 16.6. The minimum absolute atomic E-state index is 0.124. The quantitative estimate of drug-likeness (QED) is 0.798. The lowest BCUT2D eigenvalue weighted by Gasteiger charge is -2.09. The lowest BCUT2D eigenvalue weighted by atomic mass is 10.1. The van der Waals surface area contributed by atoms with Crippen molar-refractivity contribution >= 4 is 17.9 Å². The molecule has 0 fully saturated rings. The molecule has 0 bridgehead atoms. The number of imide groups is 1. The van der Waals surface area contributed by atoms with E-state index in [9.17, 15) is 18.8 Å². The maximum absolute atomic E-state index is 13.3. The molecule has 0 aromatic heterocycles. The third kappa shape index (κ3) is 6.51. The third-order valence-corrected chi connectivity index (χ3v) is 2.33. The van der Waals surface area contributed by atoms with Gasteiger partial charge in [-0.15, -0.1) is 0 Å². The molecule has 0 unspecified atom stereocenters. The average Bonchev–Trinajstić information content (AvgIpc) is 2.38. The van der Waals surface area contributed by atoms with E-state index in [1.807, 2.05) is 5.32 Å². The molecule has 0 saturated carbocycles. The maximum Gasteiger partial charge on any atom is 0.321 e. The van der Waals surface area contributed by atoms with Gasteiger partial charge in [-0.25, -0.2) is 9.18 Å². The van der Waals surface area contributed by atoms with Crippen molar-refractivity contribution in [1.29, 1.82) is 0 Å². The van der Waals surface area contributed by atoms with Crippen LogP contribution in [0.1, 0.15) is 19.4 Å². The Balaban J connectivity index is 2.35. The predicted octanol–water partition coefficient (Wildman–Crippen LogP) is 1.15. The van der Waals surface area contributed by atoms with Crippen LogP contribution in [0.2, 0.25) is 0 Å². The summed E-state index contributed by atoms with van der Waals surface area (Å²) in [5, 5.41) is 4.45. The van der Waals surface area contributed by atoms with Crippen LogP contribution in [0.3, 0.4) is 0 Å². The van der Waals surface area contributed by atoms with E-state index in [1.54, 1.807) is 19.9 Å². The summed E-state index contributed by atoms with van der Waals surface area (Å²) in [7, 11) is 0. The van der Waals surface area contributed by atoms with E-state index in [1.165, 1.54) is 18.2 Å². The first-order valence-electron chi connectivity index (χ1n) is 6.38. The first-order chi connectivity index (χ1) is 9.88. The lowest BCUT2D eigenvalue weighted by molar-refractivity contribution is -0.147. The lowest BCUT2D eigenvalue weighted by Crippen LogP contribution is -2.44. The highest BCUT2D eigenvalue weighted by atomic mass is 19.1. The van der Waals surface area contributed by atoms with Crippen molar-refractivity contribution in [3.8, 4) is 0 Å². The second-order valence-corrected chi connectivity index (χ2v) is 4.61. The van der Waals surface area contributed by atoms with Crippen LogP contribution in [-0.2, 0) is 20.7 Å². The van der Waals surface area contributed by atoms with Crippen LogP contribution in [0.5, 0.6) is 0 Å². The van der Waals surface area contributed by atoms with Gasteiger partial charge in [0, 0.05) is 6.04 Å². The second kappa shape index (κ2) is 7.98. The van der Waals surface area contributed by atoms with E-state index in [2.05, 4.69) is 10.1 Å². The Morgan fingerprint density at radius 2 is 1.90 bits per heavy atom. The summed E-state index contributed by atoms with van der Waals surface area (Å²) in [5.41, 5.74) is 0.181. The van der Waals surface area contributed by atoms with E-state index in [-0.39, 0.29) is 18.0 Å². The molecule has 0 aliphatic heterocycles. The molecule has 114 valence electrons. The Hall–Kier alpha value is -2.44. The highest BCUT2D eigenvalue weighted by molar-refractivity contribution is 5.95. The van der Waals surface area contributed by atoms with Gasteiger partial charge in [0.15, 0.2) is 6.61 Å². The summed E-state index contributed by atoms with van der Waals surface area (Å²) in [6, 6.07) is 4.99. The molecule has 0 saturated heterocycles. The van der Waals surface area contributed by atoms with Crippen molar-refractivity contribution in [3.05, 3.63) is 35.6 Å². The van der Waals surface area contributed by atoms with Crippen molar-refractivity contribution in [1.82, 2.24) is 10.6 Å². The molecule has 21 heavy (non-hydrogen) atoms. The summed E-state index contributed by atoms with van der Waals surface area (Å²) < 4.78 is 18.0. The fourth-order valence-electron chi connectivity index (χ4n) is 1.46. The van der Waals surface area contributed by atoms with Crippen molar-refractivity contribution in [2.24, 2.45) is 0 Å². The number of carbonyl (C=O) groups excluding carboxylic acids is 3. The van der Waals surface area contributed by atoms with Crippen LogP contribution in [-0.4, -0.2) is 30.6 Å². The minimum atomic E-state index is -0.755. The molecule has 6 nitrogen and oxygen atoms in total. The Morgan fingerprint density at radius 1 is 1.24 bits per heavy atom. The van der Waals surface area contributed by atoms with Crippen LogP contribution in [0, 0.1) is 5.82 Å². The molecule has 0 spiro atoms. The number of benzene rings is 1. The summed E-state index contributed by atoms with van der Waals surface area (Å²) in [6.45, 7) is 2.87. The molecule has 1 aromatic rings. The Kier molecular flexibility index (Phi) is 6.32. The van der Waals surface area contributed by atoms with Gasteiger partial charge in [-0.2, -0.15) is 0 Å². The standard InChI is InChI=1S/C14H17FN2O4/c1-9(2)16-14(20)17-12(18)8-21-13(19)7-10-5-3-4-6-11(10)15/h3-6,9H,7-8H2,1-2H3,(H2,16,17,18,20). The van der Waals surface area contributed by atoms with E-state index < -0.39 is 30.3 Å². The van der Waals surface area contributed by atoms with Crippen LogP contribution in [0.4, 0.5) is 9.18 Å². The number of ether oxygens (including phenoxy) is 1. The fourth-order valence-corrected chi connectivity index (χ4v) is 1.46. The minimum Gasteiger partial charge on any atom is -0.455 e. The second-order valence-electron chi connectivity index (χ2n) is 4.61. The molecule has 3 amide bonds. The normalized spacial score (nSPS) is 10.1. The molecule has 0 aliphatic carbocycles. The van der Waals surface area contributed by atoms with E-state index in [0.717, 1.165) is 0 Å². The van der Waals surface area contributed by atoms with Crippen LogP contribution in [0.15, 0.2) is 24.3 Å². The number of hydrogen-bond donors (Lipinski definition) is 2. The average molecular weight is 296 g/mol. The van der Waals surface area contributed by atoms with Gasteiger partial charge < -0.3 is 10.1 Å². The summed E-state index contributed by atoms with van der Waals surface area (Å²) >= 11 is 0. The summed E-state index contributed by atoms with van der Waals surface area (Å²) in [6.07, 6.45) is -0.280. The number of halogens is 1. The zero-order valence-corrected chi connectivity index (χ0v) is 11.8.